The number of hydrogen-bond donors (Lipinski definition) is 1. The van der Waals surface area contributed by atoms with E-state index in [1.165, 1.54) is 0 Å². The number of morpholine rings is 1. The number of hydrogen-bond acceptors (Lipinski definition) is 5. The van der Waals surface area contributed by atoms with Gasteiger partial charge in [-0.1, -0.05) is 18.2 Å². The Hall–Kier alpha value is -1.64. The standard InChI is InChI=1S/C17H24N2O5S/c1-2-23-11-14-10-19(7-8-24-14)17(20)18-9-13-12-25(21,22)16-6-4-3-5-15(13)16/h3-6,13-14H,2,7-12H2,1H3,(H,18,20). The van der Waals surface area contributed by atoms with Crippen LogP contribution < -0.4 is 5.32 Å². The third-order valence-electron chi connectivity index (χ3n) is 4.55. The van der Waals surface area contributed by atoms with Gasteiger partial charge in [-0.25, -0.2) is 13.2 Å². The molecule has 2 aliphatic heterocycles. The first kappa shape index (κ1) is 18.2. The van der Waals surface area contributed by atoms with Crippen LogP contribution in [0, 0.1) is 0 Å². The summed E-state index contributed by atoms with van der Waals surface area (Å²) in [4.78, 5) is 14.5. The number of ether oxygens (including phenoxy) is 2. The Morgan fingerprint density at radius 2 is 2.20 bits per heavy atom. The monoisotopic (exact) mass is 368 g/mol. The van der Waals surface area contributed by atoms with Gasteiger partial charge < -0.3 is 19.7 Å². The molecule has 7 nitrogen and oxygen atoms in total. The van der Waals surface area contributed by atoms with Crippen molar-refractivity contribution in [3.05, 3.63) is 29.8 Å². The quantitative estimate of drug-likeness (QED) is 0.838. The van der Waals surface area contributed by atoms with Crippen LogP contribution in [0.25, 0.3) is 0 Å². The molecule has 2 unspecified atom stereocenters. The summed E-state index contributed by atoms with van der Waals surface area (Å²) in [6, 6.07) is 6.82. The number of nitrogens with one attached hydrogen (secondary N) is 1. The summed E-state index contributed by atoms with van der Waals surface area (Å²) in [5.41, 5.74) is 0.791. The van der Waals surface area contributed by atoms with Crippen LogP contribution in [-0.2, 0) is 19.3 Å². The minimum absolute atomic E-state index is 0.0443. The zero-order valence-corrected chi connectivity index (χ0v) is 15.1. The van der Waals surface area contributed by atoms with Gasteiger partial charge >= 0.3 is 6.03 Å². The topological polar surface area (TPSA) is 84.9 Å². The Morgan fingerprint density at radius 3 is 3.00 bits per heavy atom. The molecule has 0 saturated carbocycles. The van der Waals surface area contributed by atoms with Gasteiger partial charge in [0.15, 0.2) is 9.84 Å². The number of carbonyl (C=O) groups excluding carboxylic acids is 1. The molecule has 1 aromatic rings. The third kappa shape index (κ3) is 4.13. The predicted octanol–water partition coefficient (Wildman–Crippen LogP) is 1.00. The highest BCUT2D eigenvalue weighted by Gasteiger charge is 2.34. The molecular formula is C17H24N2O5S. The molecule has 25 heavy (non-hydrogen) atoms. The van der Waals surface area contributed by atoms with Crippen molar-refractivity contribution in [1.82, 2.24) is 10.2 Å². The van der Waals surface area contributed by atoms with Gasteiger partial charge in [0, 0.05) is 25.6 Å². The molecule has 0 radical (unpaired) electrons. The molecule has 2 atom stereocenters. The van der Waals surface area contributed by atoms with Gasteiger partial charge in [-0.15, -0.1) is 0 Å². The molecule has 0 aromatic heterocycles. The number of rotatable bonds is 5. The first-order valence-corrected chi connectivity index (χ1v) is 10.2. The molecule has 0 spiro atoms. The second kappa shape index (κ2) is 7.72. The zero-order valence-electron chi connectivity index (χ0n) is 14.3. The van der Waals surface area contributed by atoms with E-state index in [-0.39, 0.29) is 23.8 Å². The van der Waals surface area contributed by atoms with Gasteiger partial charge in [0.2, 0.25) is 0 Å². The van der Waals surface area contributed by atoms with Crippen LogP contribution in [0.4, 0.5) is 4.79 Å². The van der Waals surface area contributed by atoms with Crippen LogP contribution in [0.3, 0.4) is 0 Å². The second-order valence-corrected chi connectivity index (χ2v) is 8.30. The van der Waals surface area contributed by atoms with Crippen LogP contribution in [0.1, 0.15) is 18.4 Å². The normalized spacial score (nSPS) is 24.8. The maximum atomic E-state index is 12.4. The number of urea groups is 1. The third-order valence-corrected chi connectivity index (χ3v) is 6.43. The number of nitrogens with zero attached hydrogens (tertiary/aromatic N) is 1. The molecule has 8 heteroatoms. The van der Waals surface area contributed by atoms with Crippen molar-refractivity contribution in [2.24, 2.45) is 0 Å². The fraction of sp³-hybridized carbons (Fsp3) is 0.588. The van der Waals surface area contributed by atoms with E-state index in [4.69, 9.17) is 9.47 Å². The first-order valence-electron chi connectivity index (χ1n) is 8.55. The van der Waals surface area contributed by atoms with Crippen LogP contribution >= 0.6 is 0 Å². The van der Waals surface area contributed by atoms with Crippen molar-refractivity contribution < 1.29 is 22.7 Å². The molecule has 0 bridgehead atoms. The fourth-order valence-corrected chi connectivity index (χ4v) is 5.18. The average molecular weight is 368 g/mol. The first-order chi connectivity index (χ1) is 12.0. The summed E-state index contributed by atoms with van der Waals surface area (Å²) in [5, 5.41) is 2.88. The lowest BCUT2D eigenvalue weighted by molar-refractivity contribution is -0.0566. The van der Waals surface area contributed by atoms with Crippen molar-refractivity contribution in [3.63, 3.8) is 0 Å². The summed E-state index contributed by atoms with van der Waals surface area (Å²) in [7, 11) is -3.25. The van der Waals surface area contributed by atoms with Gasteiger partial charge in [-0.3, -0.25) is 0 Å². The lowest BCUT2D eigenvalue weighted by Crippen LogP contribution is -2.51. The highest BCUT2D eigenvalue weighted by atomic mass is 32.2. The lowest BCUT2D eigenvalue weighted by atomic mass is 10.0. The number of benzene rings is 1. The highest BCUT2D eigenvalue weighted by Crippen LogP contribution is 2.34. The van der Waals surface area contributed by atoms with E-state index in [1.807, 2.05) is 19.1 Å². The van der Waals surface area contributed by atoms with Crippen LogP contribution in [-0.4, -0.2) is 70.7 Å². The molecule has 2 heterocycles. The van der Waals surface area contributed by atoms with E-state index in [1.54, 1.807) is 17.0 Å². The zero-order chi connectivity index (χ0) is 17.9. The summed E-state index contributed by atoms with van der Waals surface area (Å²) < 4.78 is 35.3. The Bertz CT molecular complexity index is 722. The van der Waals surface area contributed by atoms with E-state index in [0.717, 1.165) is 5.56 Å². The molecule has 0 aliphatic carbocycles. The summed E-state index contributed by atoms with van der Waals surface area (Å²) in [6.07, 6.45) is -0.118. The largest absolute Gasteiger partial charge is 0.379 e. The van der Waals surface area contributed by atoms with Crippen LogP contribution in [0.15, 0.2) is 29.2 Å². The van der Waals surface area contributed by atoms with Gasteiger partial charge in [-0.05, 0) is 18.6 Å². The Kier molecular flexibility index (Phi) is 5.61. The molecule has 1 saturated heterocycles. The van der Waals surface area contributed by atoms with E-state index in [9.17, 15) is 13.2 Å². The number of sulfone groups is 1. The van der Waals surface area contributed by atoms with Crippen molar-refractivity contribution in [2.75, 3.05) is 45.2 Å². The average Bonchev–Trinajstić information content (AvgIpc) is 2.89. The predicted molar refractivity (Wildman–Crippen MR) is 92.4 cm³/mol. The molecule has 138 valence electrons. The van der Waals surface area contributed by atoms with E-state index >= 15 is 0 Å². The molecular weight excluding hydrogens is 344 g/mol. The van der Waals surface area contributed by atoms with Crippen molar-refractivity contribution in [1.29, 1.82) is 0 Å². The smallest absolute Gasteiger partial charge is 0.317 e. The number of carbonyl (C=O) groups is 1. The van der Waals surface area contributed by atoms with Gasteiger partial charge in [0.25, 0.3) is 0 Å². The molecule has 2 amide bonds. The SMILES string of the molecule is CCOCC1CN(C(=O)NCC2CS(=O)(=O)c3ccccc32)CCO1. The lowest BCUT2D eigenvalue weighted by Gasteiger charge is -2.33. The van der Waals surface area contributed by atoms with E-state index < -0.39 is 9.84 Å². The van der Waals surface area contributed by atoms with Crippen LogP contribution in [0.5, 0.6) is 0 Å². The maximum Gasteiger partial charge on any atom is 0.317 e. The molecule has 1 aromatic carbocycles. The minimum Gasteiger partial charge on any atom is -0.379 e. The van der Waals surface area contributed by atoms with Gasteiger partial charge in [0.05, 0.1) is 36.5 Å². The van der Waals surface area contributed by atoms with Crippen molar-refractivity contribution in [3.8, 4) is 0 Å². The fourth-order valence-electron chi connectivity index (χ4n) is 3.29. The summed E-state index contributed by atoms with van der Waals surface area (Å²) in [5.74, 6) is -0.159. The second-order valence-electron chi connectivity index (χ2n) is 6.30. The van der Waals surface area contributed by atoms with Crippen molar-refractivity contribution >= 4 is 15.9 Å². The number of fused-ring (bicyclic) bond motifs is 1. The summed E-state index contributed by atoms with van der Waals surface area (Å²) in [6.45, 7) is 4.78. The Morgan fingerprint density at radius 1 is 1.40 bits per heavy atom. The number of amides is 2. The van der Waals surface area contributed by atoms with E-state index in [2.05, 4.69) is 5.32 Å². The molecule has 1 fully saturated rings. The highest BCUT2D eigenvalue weighted by molar-refractivity contribution is 7.91. The molecule has 3 rings (SSSR count). The van der Waals surface area contributed by atoms with E-state index in [0.29, 0.717) is 44.4 Å². The minimum atomic E-state index is -3.25. The summed E-state index contributed by atoms with van der Waals surface area (Å²) >= 11 is 0. The van der Waals surface area contributed by atoms with Gasteiger partial charge in [-0.2, -0.15) is 0 Å². The van der Waals surface area contributed by atoms with Gasteiger partial charge in [0.1, 0.15) is 0 Å². The Labute approximate surface area is 148 Å². The Balaban J connectivity index is 1.56. The van der Waals surface area contributed by atoms with Crippen molar-refractivity contribution in [2.45, 2.75) is 23.8 Å². The molecule has 1 N–H and O–H groups in total. The van der Waals surface area contributed by atoms with Crippen LogP contribution in [0.2, 0.25) is 0 Å². The maximum absolute atomic E-state index is 12.4. The molecule has 2 aliphatic rings.